The van der Waals surface area contributed by atoms with E-state index in [9.17, 15) is 13.2 Å². The third kappa shape index (κ3) is 4.33. The van der Waals surface area contributed by atoms with Gasteiger partial charge in [0.25, 0.3) is 15.9 Å². The first kappa shape index (κ1) is 17.5. The molecule has 0 fully saturated rings. The Morgan fingerprint density at radius 2 is 1.74 bits per heavy atom. The van der Waals surface area contributed by atoms with Crippen LogP contribution >= 0.6 is 15.9 Å². The molecule has 122 valence electrons. The average Bonchev–Trinajstić information content (AvgIpc) is 2.53. The lowest BCUT2D eigenvalue weighted by atomic mass is 10.1. The first-order chi connectivity index (χ1) is 11.0. The third-order valence-corrected chi connectivity index (χ3v) is 5.46. The van der Waals surface area contributed by atoms with Crippen molar-refractivity contribution in [3.05, 3.63) is 58.6 Å². The van der Waals surface area contributed by atoms with Gasteiger partial charge >= 0.3 is 0 Å². The molecule has 0 aliphatic carbocycles. The molecule has 0 bridgehead atoms. The predicted molar refractivity (Wildman–Crippen MR) is 94.0 cm³/mol. The summed E-state index contributed by atoms with van der Waals surface area (Å²) in [6, 6.07) is 13.0. The van der Waals surface area contributed by atoms with Crippen LogP contribution in [-0.4, -0.2) is 20.9 Å². The van der Waals surface area contributed by atoms with Crippen molar-refractivity contribution in [2.45, 2.75) is 18.2 Å². The lowest BCUT2D eigenvalue weighted by molar-refractivity contribution is 0.0954. The molecule has 5 nitrogen and oxygen atoms in total. The number of carbonyl (C=O) groups excluding carboxylic acids is 1. The van der Waals surface area contributed by atoms with E-state index >= 15 is 0 Å². The fourth-order valence-electron chi connectivity index (χ4n) is 1.97. The predicted octanol–water partition coefficient (Wildman–Crippen LogP) is 3.39. The van der Waals surface area contributed by atoms with Gasteiger partial charge < -0.3 is 5.32 Å². The largest absolute Gasteiger partial charge is 0.352 e. The smallest absolute Gasteiger partial charge is 0.263 e. The molecule has 0 atom stereocenters. The zero-order chi connectivity index (χ0) is 16.9. The number of amides is 1. The summed E-state index contributed by atoms with van der Waals surface area (Å²) >= 11 is 3.23. The number of hydrogen-bond acceptors (Lipinski definition) is 3. The highest BCUT2D eigenvalue weighted by Crippen LogP contribution is 2.25. The zero-order valence-corrected chi connectivity index (χ0v) is 14.9. The standard InChI is InChI=1S/C16H17BrN2O3S/c1-2-11-18-16(20)12-7-3-5-9-14(12)19-23(21,22)15-10-6-4-8-13(15)17/h3-10,19H,2,11H2,1H3,(H,18,20). The molecule has 0 aliphatic rings. The first-order valence-corrected chi connectivity index (χ1v) is 9.38. The maximum absolute atomic E-state index is 12.5. The van der Waals surface area contributed by atoms with Gasteiger partial charge in [0, 0.05) is 11.0 Å². The van der Waals surface area contributed by atoms with Crippen LogP contribution in [-0.2, 0) is 10.0 Å². The zero-order valence-electron chi connectivity index (χ0n) is 12.5. The van der Waals surface area contributed by atoms with Gasteiger partial charge in [0.2, 0.25) is 0 Å². The molecular formula is C16H17BrN2O3S. The number of halogens is 1. The van der Waals surface area contributed by atoms with E-state index in [1.54, 1.807) is 42.5 Å². The average molecular weight is 397 g/mol. The second kappa shape index (κ2) is 7.61. The topological polar surface area (TPSA) is 75.3 Å². The summed E-state index contributed by atoms with van der Waals surface area (Å²) in [5.74, 6) is -0.308. The summed E-state index contributed by atoms with van der Waals surface area (Å²) in [6.45, 7) is 2.48. The second-order valence-corrected chi connectivity index (χ2v) is 7.34. The number of para-hydroxylation sites is 1. The van der Waals surface area contributed by atoms with Crippen molar-refractivity contribution in [3.63, 3.8) is 0 Å². The van der Waals surface area contributed by atoms with E-state index in [0.29, 0.717) is 11.0 Å². The quantitative estimate of drug-likeness (QED) is 0.785. The van der Waals surface area contributed by atoms with Crippen LogP contribution in [0.4, 0.5) is 5.69 Å². The van der Waals surface area contributed by atoms with Crippen LogP contribution in [0.1, 0.15) is 23.7 Å². The van der Waals surface area contributed by atoms with Gasteiger partial charge in [-0.3, -0.25) is 9.52 Å². The Morgan fingerprint density at radius 1 is 1.09 bits per heavy atom. The lowest BCUT2D eigenvalue weighted by Crippen LogP contribution is -2.25. The van der Waals surface area contributed by atoms with Crippen LogP contribution in [0.5, 0.6) is 0 Å². The summed E-state index contributed by atoms with van der Waals surface area (Å²) in [4.78, 5) is 12.3. The lowest BCUT2D eigenvalue weighted by Gasteiger charge is -2.13. The van der Waals surface area contributed by atoms with E-state index in [1.165, 1.54) is 6.07 Å². The maximum atomic E-state index is 12.5. The van der Waals surface area contributed by atoms with Crippen molar-refractivity contribution in [3.8, 4) is 0 Å². The number of sulfonamides is 1. The molecule has 0 aliphatic heterocycles. The summed E-state index contributed by atoms with van der Waals surface area (Å²) in [6.07, 6.45) is 0.802. The van der Waals surface area contributed by atoms with E-state index in [4.69, 9.17) is 0 Å². The molecule has 0 saturated heterocycles. The van der Waals surface area contributed by atoms with Gasteiger partial charge in [-0.2, -0.15) is 0 Å². The van der Waals surface area contributed by atoms with Gasteiger partial charge in [-0.1, -0.05) is 31.2 Å². The fourth-order valence-corrected chi connectivity index (χ4v) is 4.05. The Hall–Kier alpha value is -1.86. The van der Waals surface area contributed by atoms with Gasteiger partial charge in [-0.25, -0.2) is 8.42 Å². The second-order valence-electron chi connectivity index (χ2n) is 4.84. The highest BCUT2D eigenvalue weighted by Gasteiger charge is 2.20. The maximum Gasteiger partial charge on any atom is 0.263 e. The molecule has 0 heterocycles. The van der Waals surface area contributed by atoms with E-state index in [-0.39, 0.29) is 22.1 Å². The van der Waals surface area contributed by atoms with E-state index in [0.717, 1.165) is 6.42 Å². The molecule has 23 heavy (non-hydrogen) atoms. The van der Waals surface area contributed by atoms with Crippen LogP contribution in [0.3, 0.4) is 0 Å². The number of benzene rings is 2. The summed E-state index contributed by atoms with van der Waals surface area (Å²) < 4.78 is 28.0. The Kier molecular flexibility index (Phi) is 5.79. The molecule has 2 aromatic rings. The summed E-state index contributed by atoms with van der Waals surface area (Å²) in [5.41, 5.74) is 0.536. The van der Waals surface area contributed by atoms with Crippen LogP contribution < -0.4 is 10.0 Å². The molecule has 1 amide bonds. The van der Waals surface area contributed by atoms with Crippen LogP contribution in [0.15, 0.2) is 57.9 Å². The van der Waals surface area contributed by atoms with Crippen molar-refractivity contribution in [1.29, 1.82) is 0 Å². The van der Waals surface area contributed by atoms with Crippen molar-refractivity contribution in [2.75, 3.05) is 11.3 Å². The highest BCUT2D eigenvalue weighted by molar-refractivity contribution is 9.10. The fraction of sp³-hybridized carbons (Fsp3) is 0.188. The molecule has 0 aromatic heterocycles. The monoisotopic (exact) mass is 396 g/mol. The SMILES string of the molecule is CCCNC(=O)c1ccccc1NS(=O)(=O)c1ccccc1Br. The molecule has 0 saturated carbocycles. The van der Waals surface area contributed by atoms with Crippen LogP contribution in [0.2, 0.25) is 0 Å². The van der Waals surface area contributed by atoms with Gasteiger partial charge in [0.05, 0.1) is 11.3 Å². The van der Waals surface area contributed by atoms with Gasteiger partial charge in [-0.15, -0.1) is 0 Å². The van der Waals surface area contributed by atoms with E-state index < -0.39 is 10.0 Å². The molecule has 2 N–H and O–H groups in total. The number of anilines is 1. The van der Waals surface area contributed by atoms with Crippen molar-refractivity contribution < 1.29 is 13.2 Å². The van der Waals surface area contributed by atoms with Gasteiger partial charge in [0.15, 0.2) is 0 Å². The minimum absolute atomic E-state index is 0.115. The first-order valence-electron chi connectivity index (χ1n) is 7.10. The van der Waals surface area contributed by atoms with Crippen LogP contribution in [0, 0.1) is 0 Å². The number of nitrogens with one attached hydrogen (secondary N) is 2. The molecule has 0 unspecified atom stereocenters. The molecule has 0 radical (unpaired) electrons. The normalized spacial score (nSPS) is 11.0. The molecule has 2 rings (SSSR count). The summed E-state index contributed by atoms with van der Waals surface area (Å²) in [7, 11) is -3.80. The number of carbonyl (C=O) groups is 1. The Morgan fingerprint density at radius 3 is 2.43 bits per heavy atom. The van der Waals surface area contributed by atoms with Crippen molar-refractivity contribution in [1.82, 2.24) is 5.32 Å². The molecule has 2 aromatic carbocycles. The van der Waals surface area contributed by atoms with Crippen molar-refractivity contribution in [2.24, 2.45) is 0 Å². The Labute approximate surface area is 144 Å². The van der Waals surface area contributed by atoms with E-state index in [2.05, 4.69) is 26.0 Å². The molecule has 7 heteroatoms. The number of hydrogen-bond donors (Lipinski definition) is 2. The summed E-state index contributed by atoms with van der Waals surface area (Å²) in [5, 5.41) is 2.74. The van der Waals surface area contributed by atoms with Gasteiger partial charge in [-0.05, 0) is 46.6 Å². The van der Waals surface area contributed by atoms with E-state index in [1.807, 2.05) is 6.92 Å². The van der Waals surface area contributed by atoms with Gasteiger partial charge in [0.1, 0.15) is 4.90 Å². The minimum Gasteiger partial charge on any atom is -0.352 e. The minimum atomic E-state index is -3.80. The number of rotatable bonds is 6. The third-order valence-electron chi connectivity index (χ3n) is 3.08. The van der Waals surface area contributed by atoms with Crippen LogP contribution in [0.25, 0.3) is 0 Å². The Bertz CT molecular complexity index is 806. The van der Waals surface area contributed by atoms with Crippen molar-refractivity contribution >= 4 is 37.5 Å². The molecular weight excluding hydrogens is 380 g/mol. The molecule has 0 spiro atoms. The Balaban J connectivity index is 2.34. The highest BCUT2D eigenvalue weighted by atomic mass is 79.9.